The summed E-state index contributed by atoms with van der Waals surface area (Å²) in [5.41, 5.74) is 5.39. The van der Waals surface area contributed by atoms with Gasteiger partial charge in [0, 0.05) is 22.5 Å². The van der Waals surface area contributed by atoms with Crippen molar-refractivity contribution in [3.05, 3.63) is 60.7 Å². The SMILES string of the molecule is O=C(Nc1cccc(-c2nc3cc4sc(-c5cccc(NC(=O)C67CC8CC(CC(C8)C6)C7)c5)nc4cc3s2)c1)C12CC3CC(CC(C3)C1)C2. The molecule has 254 valence electrons. The molecule has 0 spiro atoms. The second kappa shape index (κ2) is 10.9. The molecule has 8 fully saturated rings. The van der Waals surface area contributed by atoms with E-state index in [9.17, 15) is 9.59 Å². The van der Waals surface area contributed by atoms with Crippen LogP contribution in [0.2, 0.25) is 0 Å². The van der Waals surface area contributed by atoms with Crippen LogP contribution in [0, 0.1) is 46.3 Å². The van der Waals surface area contributed by atoms with E-state index in [1.165, 1.54) is 38.5 Å². The Bertz CT molecular complexity index is 1940. The predicted molar refractivity (Wildman–Crippen MR) is 202 cm³/mol. The van der Waals surface area contributed by atoms with Crippen LogP contribution in [-0.2, 0) is 9.59 Å². The first kappa shape index (κ1) is 30.0. The predicted octanol–water partition coefficient (Wildman–Crippen LogP) is 10.5. The zero-order valence-corrected chi connectivity index (χ0v) is 29.9. The molecule has 2 heterocycles. The summed E-state index contributed by atoms with van der Waals surface area (Å²) < 4.78 is 2.20. The van der Waals surface area contributed by atoms with Crippen LogP contribution in [0.5, 0.6) is 0 Å². The van der Waals surface area contributed by atoms with Gasteiger partial charge in [0.25, 0.3) is 0 Å². The molecule has 8 bridgehead atoms. The van der Waals surface area contributed by atoms with Gasteiger partial charge in [-0.3, -0.25) is 9.59 Å². The van der Waals surface area contributed by atoms with Gasteiger partial charge in [-0.1, -0.05) is 24.3 Å². The molecule has 6 nitrogen and oxygen atoms in total. The highest BCUT2D eigenvalue weighted by molar-refractivity contribution is 7.23. The molecule has 0 radical (unpaired) electrons. The van der Waals surface area contributed by atoms with Gasteiger partial charge in [0.1, 0.15) is 10.0 Å². The first-order chi connectivity index (χ1) is 24.3. The van der Waals surface area contributed by atoms with Gasteiger partial charge in [-0.15, -0.1) is 22.7 Å². The van der Waals surface area contributed by atoms with Gasteiger partial charge in [-0.2, -0.15) is 0 Å². The van der Waals surface area contributed by atoms with Gasteiger partial charge >= 0.3 is 0 Å². The summed E-state index contributed by atoms with van der Waals surface area (Å²) in [6.45, 7) is 0. The van der Waals surface area contributed by atoms with Gasteiger partial charge in [0.15, 0.2) is 0 Å². The fraction of sp³-hybridized carbons (Fsp3) is 0.476. The number of fused-ring (bicyclic) bond motifs is 2. The Labute approximate surface area is 300 Å². The average molecular weight is 699 g/mol. The van der Waals surface area contributed by atoms with Crippen molar-refractivity contribution in [1.82, 2.24) is 9.97 Å². The van der Waals surface area contributed by atoms with Gasteiger partial charge in [0.05, 0.1) is 31.3 Å². The Morgan fingerprint density at radius 3 is 1.26 bits per heavy atom. The monoisotopic (exact) mass is 698 g/mol. The molecule has 13 rings (SSSR count). The maximum Gasteiger partial charge on any atom is 0.230 e. The fourth-order valence-corrected chi connectivity index (χ4v) is 14.3. The number of hydrogen-bond acceptors (Lipinski definition) is 6. The number of anilines is 2. The van der Waals surface area contributed by atoms with Gasteiger partial charge in [-0.05, 0) is 149 Å². The molecule has 2 aromatic heterocycles. The van der Waals surface area contributed by atoms with E-state index in [-0.39, 0.29) is 22.6 Å². The van der Waals surface area contributed by atoms with Crippen molar-refractivity contribution in [2.75, 3.05) is 10.6 Å². The lowest BCUT2D eigenvalue weighted by molar-refractivity contribution is -0.141. The summed E-state index contributed by atoms with van der Waals surface area (Å²) in [5.74, 6) is 4.94. The van der Waals surface area contributed by atoms with Crippen molar-refractivity contribution in [2.45, 2.75) is 77.0 Å². The van der Waals surface area contributed by atoms with Crippen molar-refractivity contribution in [3.63, 3.8) is 0 Å². The van der Waals surface area contributed by atoms with E-state index in [0.29, 0.717) is 0 Å². The number of carbonyl (C=O) groups excluding carboxylic acids is 2. The highest BCUT2D eigenvalue weighted by Gasteiger charge is 2.55. The summed E-state index contributed by atoms with van der Waals surface area (Å²) in [5, 5.41) is 8.57. The number of nitrogens with zero attached hydrogens (tertiary/aromatic N) is 2. The number of amides is 2. The molecule has 2 N–H and O–H groups in total. The van der Waals surface area contributed by atoms with Crippen LogP contribution in [0.3, 0.4) is 0 Å². The zero-order valence-electron chi connectivity index (χ0n) is 28.3. The molecular formula is C42H42N4O2S2. The summed E-state index contributed by atoms with van der Waals surface area (Å²) >= 11 is 3.34. The number of benzene rings is 3. The molecule has 8 aliphatic carbocycles. The van der Waals surface area contributed by atoms with Crippen LogP contribution in [-0.4, -0.2) is 21.8 Å². The van der Waals surface area contributed by atoms with E-state index in [1.54, 1.807) is 22.7 Å². The number of rotatable bonds is 6. The van der Waals surface area contributed by atoms with E-state index in [4.69, 9.17) is 9.97 Å². The van der Waals surface area contributed by atoms with Gasteiger partial charge < -0.3 is 10.6 Å². The molecule has 0 saturated heterocycles. The first-order valence-corrected chi connectivity index (χ1v) is 20.5. The van der Waals surface area contributed by atoms with Crippen LogP contribution < -0.4 is 10.6 Å². The number of nitrogens with one attached hydrogen (secondary N) is 2. The molecule has 0 aliphatic heterocycles. The van der Waals surface area contributed by atoms with E-state index in [2.05, 4.69) is 47.0 Å². The molecule has 8 heteroatoms. The highest BCUT2D eigenvalue weighted by Crippen LogP contribution is 2.61. The van der Waals surface area contributed by atoms with Crippen LogP contribution in [0.25, 0.3) is 41.6 Å². The lowest BCUT2D eigenvalue weighted by atomic mass is 9.49. The number of aromatic nitrogens is 2. The minimum absolute atomic E-state index is 0.165. The van der Waals surface area contributed by atoms with Crippen molar-refractivity contribution in [1.29, 1.82) is 0 Å². The summed E-state index contributed by atoms with van der Waals surface area (Å²) in [6.07, 6.45) is 14.4. The van der Waals surface area contributed by atoms with E-state index < -0.39 is 0 Å². The van der Waals surface area contributed by atoms with Crippen molar-refractivity contribution < 1.29 is 9.59 Å². The molecule has 2 amide bonds. The Kier molecular flexibility index (Phi) is 6.58. The quantitative estimate of drug-likeness (QED) is 0.185. The van der Waals surface area contributed by atoms with Gasteiger partial charge in [0.2, 0.25) is 11.8 Å². The van der Waals surface area contributed by atoms with Gasteiger partial charge in [-0.25, -0.2) is 9.97 Å². The fourth-order valence-electron chi connectivity index (χ4n) is 12.4. The van der Waals surface area contributed by atoms with Crippen molar-refractivity contribution in [3.8, 4) is 21.1 Å². The molecule has 0 atom stereocenters. The lowest BCUT2D eigenvalue weighted by Gasteiger charge is -2.55. The molecule has 0 unspecified atom stereocenters. The van der Waals surface area contributed by atoms with E-state index in [0.717, 1.165) is 127 Å². The van der Waals surface area contributed by atoms with Crippen LogP contribution in [0.4, 0.5) is 11.4 Å². The van der Waals surface area contributed by atoms with E-state index in [1.807, 2.05) is 24.3 Å². The smallest absolute Gasteiger partial charge is 0.230 e. The topological polar surface area (TPSA) is 84.0 Å². The molecule has 50 heavy (non-hydrogen) atoms. The maximum absolute atomic E-state index is 13.7. The Balaban J connectivity index is 0.820. The summed E-state index contributed by atoms with van der Waals surface area (Å²) in [7, 11) is 0. The Morgan fingerprint density at radius 2 is 0.900 bits per heavy atom. The lowest BCUT2D eigenvalue weighted by Crippen LogP contribution is -2.51. The maximum atomic E-state index is 13.7. The number of hydrogen-bond donors (Lipinski definition) is 2. The molecule has 5 aromatic rings. The zero-order chi connectivity index (χ0) is 33.2. The number of thiazole rings is 2. The summed E-state index contributed by atoms with van der Waals surface area (Å²) in [4.78, 5) is 37.5. The second-order valence-electron chi connectivity index (χ2n) is 17.3. The third-order valence-corrected chi connectivity index (χ3v) is 15.8. The second-order valence-corrected chi connectivity index (χ2v) is 19.4. The minimum Gasteiger partial charge on any atom is -0.326 e. The van der Waals surface area contributed by atoms with E-state index >= 15 is 0 Å². The minimum atomic E-state index is -0.165. The number of carbonyl (C=O) groups is 2. The first-order valence-electron chi connectivity index (χ1n) is 18.9. The average Bonchev–Trinajstić information content (AvgIpc) is 3.70. The van der Waals surface area contributed by atoms with Crippen LogP contribution in [0.15, 0.2) is 60.7 Å². The highest BCUT2D eigenvalue weighted by atomic mass is 32.1. The van der Waals surface area contributed by atoms with Crippen LogP contribution >= 0.6 is 22.7 Å². The molecule has 8 aliphatic rings. The van der Waals surface area contributed by atoms with Crippen molar-refractivity contribution >= 4 is 66.3 Å². The summed E-state index contributed by atoms with van der Waals surface area (Å²) in [6, 6.07) is 20.8. The molecule has 8 saturated carbocycles. The third kappa shape index (κ3) is 4.91. The third-order valence-electron chi connectivity index (χ3n) is 13.7. The largest absolute Gasteiger partial charge is 0.326 e. The molecule has 3 aromatic carbocycles. The normalized spacial score (nSPS) is 33.4. The Hall–Kier alpha value is -3.62. The van der Waals surface area contributed by atoms with Crippen LogP contribution in [0.1, 0.15) is 77.0 Å². The standard InChI is InChI=1S/C42H42N4O2S2/c47-39(41-17-23-7-24(18-41)9-25(8-23)19-41)43-31-5-1-3-29(13-31)37-45-33-15-36-34(16-35(33)49-37)46-38(50-36)30-4-2-6-32(14-30)44-40(48)42-20-26-10-27(21-42)12-28(11-26)22-42/h1-6,13-16,23-28H,7-12,17-22H2,(H,43,47)(H,44,48). The Morgan fingerprint density at radius 1 is 0.540 bits per heavy atom. The van der Waals surface area contributed by atoms with Crippen molar-refractivity contribution in [2.24, 2.45) is 46.3 Å². The molecular weight excluding hydrogens is 657 g/mol.